The van der Waals surface area contributed by atoms with Crippen molar-refractivity contribution in [3.8, 4) is 0 Å². The largest absolute Gasteiger partial charge is 0.373 e. The van der Waals surface area contributed by atoms with Crippen molar-refractivity contribution < 1.29 is 14.7 Å². The van der Waals surface area contributed by atoms with Crippen molar-refractivity contribution in [2.75, 3.05) is 6.54 Å². The molecule has 0 aromatic heterocycles. The highest BCUT2D eigenvalue weighted by atomic mass is 16.3. The van der Waals surface area contributed by atoms with Crippen LogP contribution in [-0.2, 0) is 9.59 Å². The number of aliphatic hydroxyl groups is 1. The molecule has 0 atom stereocenters. The van der Waals surface area contributed by atoms with Crippen molar-refractivity contribution >= 4 is 11.6 Å². The molecule has 0 aromatic carbocycles. The summed E-state index contributed by atoms with van der Waals surface area (Å²) in [6.07, 6.45) is 0. The minimum absolute atomic E-state index is 0.0903. The number of nitrogens with two attached hydrogens (primary N) is 1. The molecule has 0 radical (unpaired) electrons. The van der Waals surface area contributed by atoms with Gasteiger partial charge in [-0.1, -0.05) is 13.2 Å². The van der Waals surface area contributed by atoms with E-state index in [1.54, 1.807) is 0 Å². The molecule has 0 amide bonds. The fourth-order valence-corrected chi connectivity index (χ4v) is 0.995. The summed E-state index contributed by atoms with van der Waals surface area (Å²) in [7, 11) is 0. The lowest BCUT2D eigenvalue weighted by atomic mass is 9.87. The van der Waals surface area contributed by atoms with E-state index in [4.69, 9.17) is 5.73 Å². The van der Waals surface area contributed by atoms with Crippen molar-refractivity contribution in [2.45, 2.75) is 19.4 Å². The molecule has 3 N–H and O–H groups in total. The summed E-state index contributed by atoms with van der Waals surface area (Å²) < 4.78 is 0. The van der Waals surface area contributed by atoms with Gasteiger partial charge in [-0.25, -0.2) is 0 Å². The van der Waals surface area contributed by atoms with E-state index in [9.17, 15) is 14.7 Å². The SMILES string of the molecule is C=C(C)C(=O)C(O)(CN)C(=O)C(=C)C. The monoisotopic (exact) mass is 197 g/mol. The van der Waals surface area contributed by atoms with Crippen LogP contribution in [0.2, 0.25) is 0 Å². The summed E-state index contributed by atoms with van der Waals surface area (Å²) in [6.45, 7) is 9.08. The van der Waals surface area contributed by atoms with Gasteiger partial charge in [-0.3, -0.25) is 9.59 Å². The average molecular weight is 197 g/mol. The van der Waals surface area contributed by atoms with Gasteiger partial charge in [0.05, 0.1) is 0 Å². The summed E-state index contributed by atoms with van der Waals surface area (Å²) in [5.41, 5.74) is 3.19. The van der Waals surface area contributed by atoms with Gasteiger partial charge in [-0.2, -0.15) is 0 Å². The highest BCUT2D eigenvalue weighted by Gasteiger charge is 2.42. The summed E-state index contributed by atoms with van der Waals surface area (Å²) in [4.78, 5) is 22.9. The zero-order valence-electron chi connectivity index (χ0n) is 8.46. The standard InChI is InChI=1S/C10H15NO3/c1-6(2)8(12)10(14,5-11)9(13)7(3)4/h14H,1,3,5,11H2,2,4H3. The third kappa shape index (κ3) is 2.16. The van der Waals surface area contributed by atoms with Crippen LogP contribution in [0.1, 0.15) is 13.8 Å². The predicted molar refractivity (Wildman–Crippen MR) is 53.6 cm³/mol. The molecule has 0 heterocycles. The van der Waals surface area contributed by atoms with E-state index in [0.717, 1.165) is 0 Å². The van der Waals surface area contributed by atoms with Gasteiger partial charge in [0.25, 0.3) is 0 Å². The topological polar surface area (TPSA) is 80.4 Å². The molecular formula is C10H15NO3. The molecule has 4 heteroatoms. The van der Waals surface area contributed by atoms with Crippen LogP contribution in [0.5, 0.6) is 0 Å². The Balaban J connectivity index is 5.18. The van der Waals surface area contributed by atoms with Gasteiger partial charge < -0.3 is 10.8 Å². The summed E-state index contributed by atoms with van der Waals surface area (Å²) in [6, 6.07) is 0. The Labute approximate surface area is 83.1 Å². The Morgan fingerprint density at radius 3 is 1.64 bits per heavy atom. The van der Waals surface area contributed by atoms with E-state index < -0.39 is 23.7 Å². The lowest BCUT2D eigenvalue weighted by Crippen LogP contribution is -2.53. The maximum Gasteiger partial charge on any atom is 0.202 e. The number of carbonyl (C=O) groups excluding carboxylic acids is 2. The van der Waals surface area contributed by atoms with Crippen LogP contribution >= 0.6 is 0 Å². The molecule has 78 valence electrons. The molecule has 0 saturated heterocycles. The number of rotatable bonds is 5. The molecule has 0 spiro atoms. The van der Waals surface area contributed by atoms with Crippen LogP contribution in [0.3, 0.4) is 0 Å². The van der Waals surface area contributed by atoms with Gasteiger partial charge >= 0.3 is 0 Å². The Morgan fingerprint density at radius 2 is 1.50 bits per heavy atom. The van der Waals surface area contributed by atoms with Crippen LogP contribution in [0.15, 0.2) is 24.3 Å². The van der Waals surface area contributed by atoms with Crippen LogP contribution in [-0.4, -0.2) is 28.8 Å². The second kappa shape index (κ2) is 4.30. The normalized spacial score (nSPS) is 10.9. The molecule has 0 bridgehead atoms. The average Bonchev–Trinajstić information content (AvgIpc) is 2.13. The van der Waals surface area contributed by atoms with Gasteiger partial charge in [0.1, 0.15) is 0 Å². The quantitative estimate of drug-likeness (QED) is 0.479. The highest BCUT2D eigenvalue weighted by Crippen LogP contribution is 2.15. The van der Waals surface area contributed by atoms with Gasteiger partial charge in [0, 0.05) is 6.54 Å². The van der Waals surface area contributed by atoms with Crippen LogP contribution in [0.4, 0.5) is 0 Å². The molecule has 0 unspecified atom stereocenters. The van der Waals surface area contributed by atoms with E-state index >= 15 is 0 Å². The summed E-state index contributed by atoms with van der Waals surface area (Å²) >= 11 is 0. The first-order chi connectivity index (χ1) is 6.27. The molecule has 0 rings (SSSR count). The Morgan fingerprint density at radius 1 is 1.21 bits per heavy atom. The van der Waals surface area contributed by atoms with Crippen LogP contribution in [0, 0.1) is 0 Å². The molecule has 0 aliphatic heterocycles. The Bertz CT molecular complexity index is 278. The van der Waals surface area contributed by atoms with Gasteiger partial charge in [-0.05, 0) is 25.0 Å². The second-order valence-corrected chi connectivity index (χ2v) is 3.28. The summed E-state index contributed by atoms with van der Waals surface area (Å²) in [5.74, 6) is -1.51. The number of ketones is 2. The van der Waals surface area contributed by atoms with E-state index in [-0.39, 0.29) is 11.1 Å². The van der Waals surface area contributed by atoms with Crippen LogP contribution in [0.25, 0.3) is 0 Å². The molecule has 0 fully saturated rings. The van der Waals surface area contributed by atoms with Crippen LogP contribution < -0.4 is 5.73 Å². The fraction of sp³-hybridized carbons (Fsp3) is 0.400. The molecule has 4 nitrogen and oxygen atoms in total. The van der Waals surface area contributed by atoms with Gasteiger partial charge in [0.2, 0.25) is 5.60 Å². The fourth-order valence-electron chi connectivity index (χ4n) is 0.995. The van der Waals surface area contributed by atoms with Crippen molar-refractivity contribution in [2.24, 2.45) is 5.73 Å². The van der Waals surface area contributed by atoms with E-state index in [1.807, 2.05) is 0 Å². The molecule has 0 saturated carbocycles. The predicted octanol–water partition coefficient (Wildman–Crippen LogP) is -0.0334. The van der Waals surface area contributed by atoms with Gasteiger partial charge in [-0.15, -0.1) is 0 Å². The van der Waals surface area contributed by atoms with Crippen molar-refractivity contribution in [3.05, 3.63) is 24.3 Å². The van der Waals surface area contributed by atoms with Crippen molar-refractivity contribution in [1.29, 1.82) is 0 Å². The minimum Gasteiger partial charge on any atom is -0.373 e. The third-order valence-electron chi connectivity index (χ3n) is 1.82. The zero-order valence-corrected chi connectivity index (χ0v) is 8.46. The zero-order chi connectivity index (χ0) is 11.5. The second-order valence-electron chi connectivity index (χ2n) is 3.28. The van der Waals surface area contributed by atoms with Crippen molar-refractivity contribution in [1.82, 2.24) is 0 Å². The third-order valence-corrected chi connectivity index (χ3v) is 1.82. The first-order valence-electron chi connectivity index (χ1n) is 4.10. The van der Waals surface area contributed by atoms with E-state index in [2.05, 4.69) is 13.2 Å². The van der Waals surface area contributed by atoms with E-state index in [1.165, 1.54) is 13.8 Å². The van der Waals surface area contributed by atoms with Gasteiger partial charge in [0.15, 0.2) is 11.6 Å². The Hall–Kier alpha value is -1.26. The highest BCUT2D eigenvalue weighted by molar-refractivity contribution is 6.21. The Kier molecular flexibility index (Phi) is 3.92. The lowest BCUT2D eigenvalue weighted by molar-refractivity contribution is -0.144. The first kappa shape index (κ1) is 12.7. The molecule has 0 aromatic rings. The first-order valence-corrected chi connectivity index (χ1v) is 4.10. The maximum absolute atomic E-state index is 11.5. The number of hydrogen-bond acceptors (Lipinski definition) is 4. The molecule has 0 aliphatic carbocycles. The lowest BCUT2D eigenvalue weighted by Gasteiger charge is -2.23. The minimum atomic E-state index is -2.20. The molecule has 0 aliphatic rings. The molecular weight excluding hydrogens is 182 g/mol. The summed E-state index contributed by atoms with van der Waals surface area (Å²) in [5, 5.41) is 9.75. The van der Waals surface area contributed by atoms with Crippen molar-refractivity contribution in [3.63, 3.8) is 0 Å². The number of Topliss-reactive ketones (excluding diaryl/α,β-unsaturated/α-hetero) is 2. The number of carbonyl (C=O) groups is 2. The smallest absolute Gasteiger partial charge is 0.202 e. The maximum atomic E-state index is 11.5. The molecule has 14 heavy (non-hydrogen) atoms. The van der Waals surface area contributed by atoms with E-state index in [0.29, 0.717) is 0 Å². The number of hydrogen-bond donors (Lipinski definition) is 2.